The van der Waals surface area contributed by atoms with Crippen LogP contribution in [0.25, 0.3) is 0 Å². The molecule has 1 aliphatic heterocycles. The SMILES string of the molecule is CC(C)(C)[C@H](N)C(=O)N1CCC(C(=O)Nc2ccccc2Br)CC1. The quantitative estimate of drug-likeness (QED) is 0.825. The maximum absolute atomic E-state index is 12.5. The minimum Gasteiger partial charge on any atom is -0.341 e. The number of hydrogen-bond acceptors (Lipinski definition) is 3. The molecule has 1 atom stereocenters. The molecule has 1 aliphatic rings. The van der Waals surface area contributed by atoms with E-state index in [1.54, 1.807) is 4.90 Å². The van der Waals surface area contributed by atoms with E-state index < -0.39 is 6.04 Å². The number of carbonyl (C=O) groups is 2. The smallest absolute Gasteiger partial charge is 0.240 e. The average molecular weight is 396 g/mol. The molecule has 0 aliphatic carbocycles. The first kappa shape index (κ1) is 18.9. The largest absolute Gasteiger partial charge is 0.341 e. The molecule has 0 unspecified atom stereocenters. The number of nitrogens with zero attached hydrogens (tertiary/aromatic N) is 1. The van der Waals surface area contributed by atoms with Crippen LogP contribution in [-0.4, -0.2) is 35.8 Å². The molecule has 0 aromatic heterocycles. The molecule has 2 rings (SSSR count). The summed E-state index contributed by atoms with van der Waals surface area (Å²) in [5.41, 5.74) is 6.58. The van der Waals surface area contributed by atoms with E-state index >= 15 is 0 Å². The highest BCUT2D eigenvalue weighted by Crippen LogP contribution is 2.26. The van der Waals surface area contributed by atoms with Gasteiger partial charge in [-0.15, -0.1) is 0 Å². The second kappa shape index (κ2) is 7.66. The molecule has 1 saturated heterocycles. The lowest BCUT2D eigenvalue weighted by Gasteiger charge is -2.36. The third-order valence-corrected chi connectivity index (χ3v) is 5.20. The zero-order valence-corrected chi connectivity index (χ0v) is 16.1. The number of amides is 2. The first-order chi connectivity index (χ1) is 11.2. The Morgan fingerprint density at radius 3 is 2.38 bits per heavy atom. The summed E-state index contributed by atoms with van der Waals surface area (Å²) in [4.78, 5) is 26.7. The molecule has 24 heavy (non-hydrogen) atoms. The third-order valence-electron chi connectivity index (χ3n) is 4.51. The molecule has 132 valence electrons. The highest BCUT2D eigenvalue weighted by molar-refractivity contribution is 9.10. The predicted molar refractivity (Wildman–Crippen MR) is 99.5 cm³/mol. The Morgan fingerprint density at radius 1 is 1.25 bits per heavy atom. The van der Waals surface area contributed by atoms with Gasteiger partial charge in [0.25, 0.3) is 0 Å². The predicted octanol–water partition coefficient (Wildman–Crippen LogP) is 3.00. The first-order valence-electron chi connectivity index (χ1n) is 8.30. The molecule has 1 heterocycles. The van der Waals surface area contributed by atoms with E-state index in [0.29, 0.717) is 25.9 Å². The number of rotatable bonds is 3. The van der Waals surface area contributed by atoms with Crippen LogP contribution in [0.1, 0.15) is 33.6 Å². The van der Waals surface area contributed by atoms with Gasteiger partial charge in [-0.1, -0.05) is 32.9 Å². The number of likely N-dealkylation sites (tertiary alicyclic amines) is 1. The number of para-hydroxylation sites is 1. The van der Waals surface area contributed by atoms with Gasteiger partial charge >= 0.3 is 0 Å². The summed E-state index contributed by atoms with van der Waals surface area (Å²) in [6.07, 6.45) is 1.33. The van der Waals surface area contributed by atoms with Gasteiger partial charge in [-0.25, -0.2) is 0 Å². The van der Waals surface area contributed by atoms with Crippen LogP contribution in [0, 0.1) is 11.3 Å². The zero-order valence-electron chi connectivity index (χ0n) is 14.5. The van der Waals surface area contributed by atoms with Crippen molar-refractivity contribution in [1.82, 2.24) is 4.90 Å². The van der Waals surface area contributed by atoms with E-state index in [2.05, 4.69) is 21.2 Å². The molecule has 5 nitrogen and oxygen atoms in total. The molecule has 0 radical (unpaired) electrons. The van der Waals surface area contributed by atoms with E-state index in [4.69, 9.17) is 5.73 Å². The molecule has 0 saturated carbocycles. The summed E-state index contributed by atoms with van der Waals surface area (Å²) in [6, 6.07) is 7.04. The van der Waals surface area contributed by atoms with E-state index in [1.165, 1.54) is 0 Å². The Bertz CT molecular complexity index is 605. The highest BCUT2D eigenvalue weighted by Gasteiger charge is 2.34. The third kappa shape index (κ3) is 4.57. The minimum absolute atomic E-state index is 0.00844. The van der Waals surface area contributed by atoms with Crippen molar-refractivity contribution in [3.05, 3.63) is 28.7 Å². The van der Waals surface area contributed by atoms with Gasteiger partial charge in [0.1, 0.15) is 0 Å². The van der Waals surface area contributed by atoms with Gasteiger partial charge < -0.3 is 16.0 Å². The van der Waals surface area contributed by atoms with Crippen molar-refractivity contribution in [3.8, 4) is 0 Å². The zero-order chi connectivity index (χ0) is 17.9. The second-order valence-corrected chi connectivity index (χ2v) is 8.27. The number of anilines is 1. The highest BCUT2D eigenvalue weighted by atomic mass is 79.9. The van der Waals surface area contributed by atoms with Crippen molar-refractivity contribution in [3.63, 3.8) is 0 Å². The maximum atomic E-state index is 12.5. The van der Waals surface area contributed by atoms with Crippen molar-refractivity contribution in [1.29, 1.82) is 0 Å². The number of carbonyl (C=O) groups excluding carboxylic acids is 2. The summed E-state index contributed by atoms with van der Waals surface area (Å²) in [6.45, 7) is 7.06. The number of hydrogen-bond donors (Lipinski definition) is 2. The van der Waals surface area contributed by atoms with E-state index in [9.17, 15) is 9.59 Å². The Morgan fingerprint density at radius 2 is 1.83 bits per heavy atom. The van der Waals surface area contributed by atoms with Gasteiger partial charge in [0.15, 0.2) is 0 Å². The number of nitrogens with one attached hydrogen (secondary N) is 1. The fraction of sp³-hybridized carbons (Fsp3) is 0.556. The average Bonchev–Trinajstić information content (AvgIpc) is 2.55. The Labute approximate surface area is 152 Å². The standard InChI is InChI=1S/C18H26BrN3O2/c1-18(2,3)15(20)17(24)22-10-8-12(9-11-22)16(23)21-14-7-5-4-6-13(14)19/h4-7,12,15H,8-11,20H2,1-3H3,(H,21,23)/t15-/m1/s1. The molecular weight excluding hydrogens is 370 g/mol. The van der Waals surface area contributed by atoms with Crippen LogP contribution in [0.4, 0.5) is 5.69 Å². The van der Waals surface area contributed by atoms with Crippen LogP contribution in [0.3, 0.4) is 0 Å². The molecule has 0 spiro atoms. The van der Waals surface area contributed by atoms with Crippen LogP contribution >= 0.6 is 15.9 Å². The number of nitrogens with two attached hydrogens (primary N) is 1. The summed E-state index contributed by atoms with van der Waals surface area (Å²) in [7, 11) is 0. The van der Waals surface area contributed by atoms with Crippen molar-refractivity contribution in [2.24, 2.45) is 17.1 Å². The van der Waals surface area contributed by atoms with Crippen molar-refractivity contribution in [2.75, 3.05) is 18.4 Å². The molecule has 3 N–H and O–H groups in total. The van der Waals surface area contributed by atoms with Crippen LogP contribution in [0.2, 0.25) is 0 Å². The lowest BCUT2D eigenvalue weighted by Crippen LogP contribution is -2.53. The van der Waals surface area contributed by atoms with Gasteiger partial charge in [-0.3, -0.25) is 9.59 Å². The molecule has 1 aromatic carbocycles. The van der Waals surface area contributed by atoms with Gasteiger partial charge in [0.2, 0.25) is 11.8 Å². The van der Waals surface area contributed by atoms with Crippen LogP contribution in [0.15, 0.2) is 28.7 Å². The fourth-order valence-corrected chi connectivity index (χ4v) is 3.11. The fourth-order valence-electron chi connectivity index (χ4n) is 2.73. The van der Waals surface area contributed by atoms with Crippen LogP contribution in [0.5, 0.6) is 0 Å². The maximum Gasteiger partial charge on any atom is 0.240 e. The van der Waals surface area contributed by atoms with Gasteiger partial charge in [0.05, 0.1) is 11.7 Å². The van der Waals surface area contributed by atoms with Crippen molar-refractivity contribution in [2.45, 2.75) is 39.7 Å². The summed E-state index contributed by atoms with van der Waals surface area (Å²) >= 11 is 3.43. The molecule has 1 aromatic rings. The Kier molecular flexibility index (Phi) is 6.04. The van der Waals surface area contributed by atoms with Crippen LogP contribution < -0.4 is 11.1 Å². The molecule has 6 heteroatoms. The first-order valence-corrected chi connectivity index (χ1v) is 9.09. The van der Waals surface area contributed by atoms with Gasteiger partial charge in [-0.2, -0.15) is 0 Å². The van der Waals surface area contributed by atoms with Gasteiger partial charge in [0, 0.05) is 23.5 Å². The normalized spacial score (nSPS) is 17.5. The lowest BCUT2D eigenvalue weighted by molar-refractivity contribution is -0.137. The summed E-state index contributed by atoms with van der Waals surface area (Å²) in [5, 5.41) is 2.96. The molecule has 1 fully saturated rings. The lowest BCUT2D eigenvalue weighted by atomic mass is 9.85. The summed E-state index contributed by atoms with van der Waals surface area (Å²) in [5.74, 6) is -0.0895. The number of piperidine rings is 1. The van der Waals surface area contributed by atoms with Crippen molar-refractivity contribution >= 4 is 33.4 Å². The molecule has 0 bridgehead atoms. The van der Waals surface area contributed by atoms with Gasteiger partial charge in [-0.05, 0) is 46.3 Å². The minimum atomic E-state index is -0.511. The number of benzene rings is 1. The molecular formula is C18H26BrN3O2. The number of halogens is 1. The van der Waals surface area contributed by atoms with E-state index in [-0.39, 0.29) is 23.1 Å². The van der Waals surface area contributed by atoms with Crippen LogP contribution in [-0.2, 0) is 9.59 Å². The Hall–Kier alpha value is -1.40. The van der Waals surface area contributed by atoms with E-state index in [0.717, 1.165) is 10.2 Å². The molecule has 2 amide bonds. The van der Waals surface area contributed by atoms with E-state index in [1.807, 2.05) is 45.0 Å². The monoisotopic (exact) mass is 395 g/mol. The Balaban J connectivity index is 1.89. The topological polar surface area (TPSA) is 75.4 Å². The summed E-state index contributed by atoms with van der Waals surface area (Å²) < 4.78 is 0.863. The van der Waals surface area contributed by atoms with Crippen molar-refractivity contribution < 1.29 is 9.59 Å². The second-order valence-electron chi connectivity index (χ2n) is 7.41.